The van der Waals surface area contributed by atoms with Crippen LogP contribution in [0, 0.1) is 17.8 Å². The molecule has 0 unspecified atom stereocenters. The molecule has 32 heavy (non-hydrogen) atoms. The van der Waals surface area contributed by atoms with Gasteiger partial charge in [-0.2, -0.15) is 0 Å². The van der Waals surface area contributed by atoms with E-state index in [1.807, 2.05) is 12.1 Å². The van der Waals surface area contributed by atoms with E-state index in [1.54, 1.807) is 0 Å². The van der Waals surface area contributed by atoms with E-state index in [4.69, 9.17) is 5.73 Å². The second-order valence-corrected chi connectivity index (χ2v) is 10.8. The van der Waals surface area contributed by atoms with Gasteiger partial charge in [-0.1, -0.05) is 30.3 Å². The number of hydrogen-bond acceptors (Lipinski definition) is 4. The van der Waals surface area contributed by atoms with E-state index in [0.29, 0.717) is 18.6 Å². The van der Waals surface area contributed by atoms with Crippen molar-refractivity contribution in [2.24, 2.45) is 23.5 Å². The minimum Gasteiger partial charge on any atom is -0.508 e. The fourth-order valence-electron chi connectivity index (χ4n) is 7.05. The van der Waals surface area contributed by atoms with Crippen LogP contribution in [0.25, 0.3) is 11.1 Å². The van der Waals surface area contributed by atoms with E-state index < -0.39 is 5.54 Å². The van der Waals surface area contributed by atoms with Crippen molar-refractivity contribution in [3.8, 4) is 16.9 Å². The highest BCUT2D eigenvalue weighted by Gasteiger charge is 2.52. The van der Waals surface area contributed by atoms with Crippen LogP contribution < -0.4 is 5.73 Å². The molecule has 0 atom stereocenters. The van der Waals surface area contributed by atoms with Crippen LogP contribution in [0.1, 0.15) is 56.1 Å². The number of phenolic OH excluding ortho intramolecular Hbond substituents is 1. The van der Waals surface area contributed by atoms with Crippen LogP contribution in [0.3, 0.4) is 0 Å². The lowest BCUT2D eigenvalue weighted by atomic mass is 9.48. The molecular formula is C27H36ClNO3. The van der Waals surface area contributed by atoms with Crippen LogP contribution in [0.15, 0.2) is 42.5 Å². The van der Waals surface area contributed by atoms with Crippen LogP contribution in [0.4, 0.5) is 0 Å². The number of rotatable bonds is 7. The fourth-order valence-corrected chi connectivity index (χ4v) is 7.05. The molecule has 5 N–H and O–H groups in total. The minimum absolute atomic E-state index is 0. The first kappa shape index (κ1) is 23.6. The Kier molecular flexibility index (Phi) is 6.61. The van der Waals surface area contributed by atoms with E-state index >= 15 is 0 Å². The van der Waals surface area contributed by atoms with Gasteiger partial charge in [-0.15, -0.1) is 12.4 Å². The molecule has 0 aromatic heterocycles. The van der Waals surface area contributed by atoms with E-state index in [1.165, 1.54) is 44.1 Å². The Morgan fingerprint density at radius 3 is 1.91 bits per heavy atom. The first-order valence-corrected chi connectivity index (χ1v) is 11.9. The van der Waals surface area contributed by atoms with Crippen molar-refractivity contribution in [1.82, 2.24) is 0 Å². The second kappa shape index (κ2) is 8.98. The smallest absolute Gasteiger partial charge is 0.119 e. The Morgan fingerprint density at radius 2 is 1.38 bits per heavy atom. The van der Waals surface area contributed by atoms with Crippen LogP contribution in [-0.4, -0.2) is 34.1 Å². The highest BCUT2D eigenvalue weighted by atomic mass is 35.5. The molecule has 0 aliphatic heterocycles. The molecule has 4 aliphatic carbocycles. The van der Waals surface area contributed by atoms with Gasteiger partial charge in [0.1, 0.15) is 5.75 Å². The zero-order chi connectivity index (χ0) is 21.6. The lowest BCUT2D eigenvalue weighted by molar-refractivity contribution is -0.00611. The van der Waals surface area contributed by atoms with Gasteiger partial charge in [0.15, 0.2) is 0 Å². The van der Waals surface area contributed by atoms with Crippen molar-refractivity contribution in [1.29, 1.82) is 0 Å². The average molecular weight is 458 g/mol. The Morgan fingerprint density at radius 1 is 0.844 bits per heavy atom. The molecule has 4 fully saturated rings. The van der Waals surface area contributed by atoms with Gasteiger partial charge in [0.25, 0.3) is 0 Å². The number of hydrogen-bond donors (Lipinski definition) is 4. The summed E-state index contributed by atoms with van der Waals surface area (Å²) in [6.07, 6.45) is 9.18. The normalized spacial score (nSPS) is 28.5. The maximum atomic E-state index is 10.8. The van der Waals surface area contributed by atoms with Crippen molar-refractivity contribution in [2.45, 2.75) is 62.3 Å². The Bertz CT molecular complexity index is 903. The summed E-state index contributed by atoms with van der Waals surface area (Å²) in [5.74, 6) is 3.01. The van der Waals surface area contributed by atoms with Crippen LogP contribution in [-0.2, 0) is 11.8 Å². The number of nitrogens with two attached hydrogens (primary N) is 1. The molecule has 0 amide bonds. The summed E-state index contributed by atoms with van der Waals surface area (Å²) in [7, 11) is 0. The maximum absolute atomic E-state index is 10.8. The third-order valence-electron chi connectivity index (χ3n) is 8.43. The summed E-state index contributed by atoms with van der Waals surface area (Å²) in [4.78, 5) is 0. The zero-order valence-electron chi connectivity index (χ0n) is 18.7. The van der Waals surface area contributed by atoms with Crippen LogP contribution >= 0.6 is 12.4 Å². The Hall–Kier alpha value is -1.59. The Labute approximate surface area is 197 Å². The van der Waals surface area contributed by atoms with E-state index in [0.717, 1.165) is 34.4 Å². The van der Waals surface area contributed by atoms with Gasteiger partial charge in [0.2, 0.25) is 0 Å². The highest BCUT2D eigenvalue weighted by Crippen LogP contribution is 2.62. The van der Waals surface area contributed by atoms with E-state index in [9.17, 15) is 15.3 Å². The predicted molar refractivity (Wildman–Crippen MR) is 130 cm³/mol. The van der Waals surface area contributed by atoms with Crippen molar-refractivity contribution in [2.75, 3.05) is 13.2 Å². The number of aliphatic hydroxyl groups is 2. The molecular weight excluding hydrogens is 422 g/mol. The number of aliphatic hydroxyl groups excluding tert-OH is 2. The monoisotopic (exact) mass is 457 g/mol. The molecule has 4 saturated carbocycles. The van der Waals surface area contributed by atoms with Gasteiger partial charge in [-0.05, 0) is 103 Å². The number of aryl methyl sites for hydroxylation is 1. The van der Waals surface area contributed by atoms with Gasteiger partial charge in [0, 0.05) is 5.56 Å². The number of halogens is 1. The number of benzene rings is 2. The largest absolute Gasteiger partial charge is 0.508 e. The summed E-state index contributed by atoms with van der Waals surface area (Å²) >= 11 is 0. The topological polar surface area (TPSA) is 86.7 Å². The third kappa shape index (κ3) is 4.31. The molecule has 0 spiro atoms. The SMILES string of the molecule is Cl.NC(CO)(CO)CCc1ccc(-c2ccc(O)c(C34CC5CC(CC(C5)C3)C4)c2)cc1. The predicted octanol–water partition coefficient (Wildman–Crippen LogP) is 4.56. The molecule has 4 aliphatic rings. The second-order valence-electron chi connectivity index (χ2n) is 10.8. The minimum atomic E-state index is -0.928. The molecule has 2 aromatic rings. The summed E-state index contributed by atoms with van der Waals surface area (Å²) in [5.41, 5.74) is 9.87. The molecule has 4 bridgehead atoms. The summed E-state index contributed by atoms with van der Waals surface area (Å²) < 4.78 is 0. The summed E-state index contributed by atoms with van der Waals surface area (Å²) in [6.45, 7) is -0.440. The highest BCUT2D eigenvalue weighted by molar-refractivity contribution is 5.85. The van der Waals surface area contributed by atoms with Crippen LogP contribution in [0.2, 0.25) is 0 Å². The first-order chi connectivity index (χ1) is 14.9. The van der Waals surface area contributed by atoms with Gasteiger partial charge in [-0.25, -0.2) is 0 Å². The molecule has 0 heterocycles. The number of aromatic hydroxyl groups is 1. The number of phenols is 1. The molecule has 0 radical (unpaired) electrons. The molecule has 6 rings (SSSR count). The summed E-state index contributed by atoms with van der Waals surface area (Å²) in [6, 6.07) is 14.6. The first-order valence-electron chi connectivity index (χ1n) is 11.9. The van der Waals surface area contributed by atoms with Gasteiger partial charge in [-0.3, -0.25) is 0 Å². The van der Waals surface area contributed by atoms with Gasteiger partial charge < -0.3 is 21.1 Å². The third-order valence-corrected chi connectivity index (χ3v) is 8.43. The van der Waals surface area contributed by atoms with Crippen molar-refractivity contribution in [3.05, 3.63) is 53.6 Å². The quantitative estimate of drug-likeness (QED) is 0.490. The molecule has 2 aromatic carbocycles. The Balaban J connectivity index is 0.00000245. The zero-order valence-corrected chi connectivity index (χ0v) is 19.5. The lowest BCUT2D eigenvalue weighted by Crippen LogP contribution is -2.48. The van der Waals surface area contributed by atoms with E-state index in [-0.39, 0.29) is 31.0 Å². The van der Waals surface area contributed by atoms with Crippen molar-refractivity contribution in [3.63, 3.8) is 0 Å². The van der Waals surface area contributed by atoms with Crippen LogP contribution in [0.5, 0.6) is 5.75 Å². The average Bonchev–Trinajstić information content (AvgIpc) is 2.77. The van der Waals surface area contributed by atoms with Crippen molar-refractivity contribution >= 4 is 12.4 Å². The maximum Gasteiger partial charge on any atom is 0.119 e. The van der Waals surface area contributed by atoms with Gasteiger partial charge in [0.05, 0.1) is 18.8 Å². The molecule has 0 saturated heterocycles. The standard InChI is InChI=1S/C27H35NO3.ClH/c28-27(16-29,17-30)8-7-18-1-3-22(4-2-18)23-5-6-25(31)24(12-23)26-13-19-9-20(14-26)11-21(10-19)15-26;/h1-6,12,19-21,29-31H,7-11,13-17,28H2;1H. The van der Waals surface area contributed by atoms with E-state index in [2.05, 4.69) is 30.3 Å². The fraction of sp³-hybridized carbons (Fsp3) is 0.556. The van der Waals surface area contributed by atoms with Gasteiger partial charge >= 0.3 is 0 Å². The molecule has 174 valence electrons. The lowest BCUT2D eigenvalue weighted by Gasteiger charge is -2.57. The molecule has 4 nitrogen and oxygen atoms in total. The molecule has 5 heteroatoms. The van der Waals surface area contributed by atoms with Crippen molar-refractivity contribution < 1.29 is 15.3 Å². The summed E-state index contributed by atoms with van der Waals surface area (Å²) in [5, 5.41) is 29.6.